The van der Waals surface area contributed by atoms with E-state index in [1.54, 1.807) is 0 Å². The summed E-state index contributed by atoms with van der Waals surface area (Å²) in [6.45, 7) is 6.02. The molecule has 0 aliphatic heterocycles. The highest BCUT2D eigenvalue weighted by Gasteiger charge is 2.16. The summed E-state index contributed by atoms with van der Waals surface area (Å²) >= 11 is 1.49. The lowest BCUT2D eigenvalue weighted by Gasteiger charge is -2.17. The topological polar surface area (TPSA) is 98.5 Å². The average molecular weight is 332 g/mol. The molecule has 0 spiro atoms. The molecule has 1 amide bonds. The Bertz CT molecular complexity index is 622. The number of hydrogen-bond acceptors (Lipinski definition) is 5. The van der Waals surface area contributed by atoms with Crippen molar-refractivity contribution in [2.75, 3.05) is 18.2 Å². The number of hydrogen-bond donors (Lipinski definition) is 2. The largest absolute Gasteiger partial charge is 0.495 e. The van der Waals surface area contributed by atoms with Crippen molar-refractivity contribution in [3.63, 3.8) is 0 Å². The fraction of sp³-hybridized carbons (Fsp3) is 0.462. The number of methoxy groups -OCH3 is 1. The predicted molar refractivity (Wildman–Crippen MR) is 85.2 cm³/mol. The molecule has 0 radical (unpaired) electrons. The van der Waals surface area contributed by atoms with Crippen LogP contribution in [0.4, 0.5) is 5.69 Å². The number of carbonyl (C=O) groups excluding carboxylic acids is 1. The van der Waals surface area contributed by atoms with Crippen LogP contribution in [0.1, 0.15) is 20.8 Å². The van der Waals surface area contributed by atoms with Gasteiger partial charge in [0.1, 0.15) is 5.75 Å². The summed E-state index contributed by atoms with van der Waals surface area (Å²) in [5, 5.41) is 7.72. The minimum atomic E-state index is -3.83. The van der Waals surface area contributed by atoms with Crippen molar-refractivity contribution < 1.29 is 17.9 Å². The molecular weight excluding hydrogens is 312 g/mol. The summed E-state index contributed by atoms with van der Waals surface area (Å²) in [6.07, 6.45) is 0. The van der Waals surface area contributed by atoms with Gasteiger partial charge in [0.15, 0.2) is 0 Å². The quantitative estimate of drug-likeness (QED) is 0.857. The molecule has 8 heteroatoms. The minimum Gasteiger partial charge on any atom is -0.495 e. The van der Waals surface area contributed by atoms with Gasteiger partial charge in [-0.05, 0) is 18.2 Å². The molecule has 1 aromatic rings. The van der Waals surface area contributed by atoms with E-state index < -0.39 is 10.0 Å². The summed E-state index contributed by atoms with van der Waals surface area (Å²) in [5.74, 6) is 0.392. The highest BCUT2D eigenvalue weighted by Crippen LogP contribution is 2.28. The lowest BCUT2D eigenvalue weighted by atomic mass is 10.3. The van der Waals surface area contributed by atoms with Gasteiger partial charge in [-0.2, -0.15) is 0 Å². The lowest BCUT2D eigenvalue weighted by Crippen LogP contribution is -2.20. The second-order valence-electron chi connectivity index (χ2n) is 5.36. The van der Waals surface area contributed by atoms with Gasteiger partial charge >= 0.3 is 0 Å². The predicted octanol–water partition coefficient (Wildman–Crippen LogP) is 1.81. The Morgan fingerprint density at radius 2 is 2.00 bits per heavy atom. The van der Waals surface area contributed by atoms with Gasteiger partial charge in [-0.1, -0.05) is 20.8 Å². The number of nitrogens with two attached hydrogens (primary N) is 1. The number of nitrogens with one attached hydrogen (secondary N) is 1. The molecule has 0 aliphatic carbocycles. The van der Waals surface area contributed by atoms with Crippen LogP contribution in [-0.2, 0) is 14.8 Å². The Labute approximate surface area is 129 Å². The highest BCUT2D eigenvalue weighted by molar-refractivity contribution is 8.01. The average Bonchev–Trinajstić information content (AvgIpc) is 2.34. The first-order chi connectivity index (χ1) is 9.53. The van der Waals surface area contributed by atoms with E-state index in [1.807, 2.05) is 20.8 Å². The van der Waals surface area contributed by atoms with E-state index in [-0.39, 0.29) is 27.0 Å². The van der Waals surface area contributed by atoms with Gasteiger partial charge in [0.25, 0.3) is 0 Å². The normalized spacial score (nSPS) is 12.0. The lowest BCUT2D eigenvalue weighted by molar-refractivity contribution is -0.113. The molecule has 118 valence electrons. The fourth-order valence-corrected chi connectivity index (χ4v) is 2.61. The van der Waals surface area contributed by atoms with Crippen LogP contribution in [0.3, 0.4) is 0 Å². The highest BCUT2D eigenvalue weighted by atomic mass is 32.2. The SMILES string of the molecule is COc1ccc(S(N)(=O)=O)cc1NC(=O)CSC(C)(C)C. The Kier molecular flexibility index (Phi) is 5.66. The molecular formula is C13H20N2O4S2. The Morgan fingerprint density at radius 3 is 2.48 bits per heavy atom. The van der Waals surface area contributed by atoms with Gasteiger partial charge < -0.3 is 10.1 Å². The van der Waals surface area contributed by atoms with Crippen molar-refractivity contribution in [2.45, 2.75) is 30.4 Å². The van der Waals surface area contributed by atoms with Crippen molar-refractivity contribution in [3.05, 3.63) is 18.2 Å². The zero-order valence-electron chi connectivity index (χ0n) is 12.5. The Hall–Kier alpha value is -1.25. The van der Waals surface area contributed by atoms with Crippen LogP contribution in [-0.4, -0.2) is 31.9 Å². The van der Waals surface area contributed by atoms with Gasteiger partial charge in [0.05, 0.1) is 23.4 Å². The van der Waals surface area contributed by atoms with Gasteiger partial charge in [-0.15, -0.1) is 11.8 Å². The maximum Gasteiger partial charge on any atom is 0.238 e. The first kappa shape index (κ1) is 17.8. The molecule has 0 heterocycles. The smallest absolute Gasteiger partial charge is 0.238 e. The van der Waals surface area contributed by atoms with Crippen molar-refractivity contribution >= 4 is 33.4 Å². The van der Waals surface area contributed by atoms with E-state index >= 15 is 0 Å². The molecule has 6 nitrogen and oxygen atoms in total. The van der Waals surface area contributed by atoms with Crippen LogP contribution in [0.5, 0.6) is 5.75 Å². The molecule has 0 aromatic heterocycles. The van der Waals surface area contributed by atoms with E-state index in [2.05, 4.69) is 5.32 Å². The molecule has 0 saturated heterocycles. The summed E-state index contributed by atoms with van der Waals surface area (Å²) in [4.78, 5) is 11.8. The van der Waals surface area contributed by atoms with Crippen LogP contribution in [0.15, 0.2) is 23.1 Å². The third-order valence-corrected chi connectivity index (χ3v) is 4.59. The number of primary sulfonamides is 1. The Balaban J connectivity index is 2.93. The Morgan fingerprint density at radius 1 is 1.38 bits per heavy atom. The van der Waals surface area contributed by atoms with E-state index in [0.717, 1.165) is 0 Å². The number of thioether (sulfide) groups is 1. The molecule has 3 N–H and O–H groups in total. The maximum atomic E-state index is 11.9. The van der Waals surface area contributed by atoms with Gasteiger partial charge in [0.2, 0.25) is 15.9 Å². The first-order valence-electron chi connectivity index (χ1n) is 6.17. The van der Waals surface area contributed by atoms with Crippen LogP contribution in [0, 0.1) is 0 Å². The molecule has 1 aromatic carbocycles. The number of sulfonamides is 1. The first-order valence-corrected chi connectivity index (χ1v) is 8.71. The number of ether oxygens (including phenoxy) is 1. The summed E-state index contributed by atoms with van der Waals surface area (Å²) < 4.78 is 27.8. The van der Waals surface area contributed by atoms with Gasteiger partial charge in [-0.25, -0.2) is 13.6 Å². The van der Waals surface area contributed by atoms with Crippen LogP contribution in [0.2, 0.25) is 0 Å². The number of anilines is 1. The summed E-state index contributed by atoms with van der Waals surface area (Å²) in [6, 6.07) is 4.06. The number of carbonyl (C=O) groups is 1. The van der Waals surface area contributed by atoms with E-state index in [0.29, 0.717) is 5.75 Å². The van der Waals surface area contributed by atoms with Gasteiger partial charge in [-0.3, -0.25) is 4.79 Å². The van der Waals surface area contributed by atoms with E-state index in [9.17, 15) is 13.2 Å². The summed E-state index contributed by atoms with van der Waals surface area (Å²) in [7, 11) is -2.40. The van der Waals surface area contributed by atoms with Crippen LogP contribution >= 0.6 is 11.8 Å². The molecule has 0 atom stereocenters. The number of amides is 1. The zero-order valence-corrected chi connectivity index (χ0v) is 14.1. The molecule has 21 heavy (non-hydrogen) atoms. The second-order valence-corrected chi connectivity index (χ2v) is 8.72. The van der Waals surface area contributed by atoms with Crippen molar-refractivity contribution in [2.24, 2.45) is 5.14 Å². The standard InChI is InChI=1S/C13H20N2O4S2/c1-13(2,3)20-8-12(16)15-10-7-9(21(14,17)18)5-6-11(10)19-4/h5-7H,8H2,1-4H3,(H,15,16)(H2,14,17,18). The van der Waals surface area contributed by atoms with E-state index in [1.165, 1.54) is 37.1 Å². The third-order valence-electron chi connectivity index (χ3n) is 2.41. The zero-order chi connectivity index (χ0) is 16.3. The molecule has 1 rings (SSSR count). The van der Waals surface area contributed by atoms with Crippen LogP contribution in [0.25, 0.3) is 0 Å². The number of rotatable bonds is 5. The minimum absolute atomic E-state index is 0.0378. The molecule has 0 aliphatic rings. The van der Waals surface area contributed by atoms with Crippen LogP contribution < -0.4 is 15.2 Å². The molecule has 0 saturated carbocycles. The van der Waals surface area contributed by atoms with Crippen molar-refractivity contribution in [3.8, 4) is 5.75 Å². The second kappa shape index (κ2) is 6.67. The molecule has 0 unspecified atom stereocenters. The maximum absolute atomic E-state index is 11.9. The van der Waals surface area contributed by atoms with E-state index in [4.69, 9.17) is 9.88 Å². The number of benzene rings is 1. The van der Waals surface area contributed by atoms with Crippen molar-refractivity contribution in [1.82, 2.24) is 0 Å². The molecule has 0 bridgehead atoms. The summed E-state index contributed by atoms with van der Waals surface area (Å²) in [5.41, 5.74) is 0.281. The third kappa shape index (κ3) is 5.94. The fourth-order valence-electron chi connectivity index (χ4n) is 1.43. The van der Waals surface area contributed by atoms with Crippen molar-refractivity contribution in [1.29, 1.82) is 0 Å². The van der Waals surface area contributed by atoms with Gasteiger partial charge in [0, 0.05) is 4.75 Å². The molecule has 0 fully saturated rings. The monoisotopic (exact) mass is 332 g/mol.